The monoisotopic (exact) mass is 317 g/mol. The van der Waals surface area contributed by atoms with E-state index in [1.165, 1.54) is 15.3 Å². The van der Waals surface area contributed by atoms with E-state index >= 15 is 0 Å². The van der Waals surface area contributed by atoms with Crippen molar-refractivity contribution in [1.82, 2.24) is 4.90 Å². The molecule has 2 aromatic rings. The Labute approximate surface area is 134 Å². The first-order valence-corrected chi connectivity index (χ1v) is 9.27. The minimum atomic E-state index is 0.216. The van der Waals surface area contributed by atoms with Crippen LogP contribution in [0.1, 0.15) is 33.8 Å². The summed E-state index contributed by atoms with van der Waals surface area (Å²) in [6.45, 7) is 3.69. The first-order valence-electron chi connectivity index (χ1n) is 7.16. The molecule has 0 bridgehead atoms. The SMILES string of the molecule is CSc1ccc(C(=O)CN2CCc3sccc3C2C)cc1. The third-order valence-corrected chi connectivity index (χ3v) is 5.90. The van der Waals surface area contributed by atoms with Gasteiger partial charge >= 0.3 is 0 Å². The number of rotatable bonds is 4. The molecule has 0 N–H and O–H groups in total. The van der Waals surface area contributed by atoms with Gasteiger partial charge in [0.15, 0.2) is 5.78 Å². The molecule has 1 aliphatic heterocycles. The highest BCUT2D eigenvalue weighted by atomic mass is 32.2. The molecule has 2 nitrogen and oxygen atoms in total. The number of benzene rings is 1. The average molecular weight is 317 g/mol. The molecule has 1 aromatic heterocycles. The number of Topliss-reactive ketones (excluding diaryl/α,β-unsaturated/α-hetero) is 1. The highest BCUT2D eigenvalue weighted by Gasteiger charge is 2.26. The van der Waals surface area contributed by atoms with Gasteiger partial charge in [-0.2, -0.15) is 0 Å². The number of thioether (sulfide) groups is 1. The van der Waals surface area contributed by atoms with E-state index in [1.807, 2.05) is 41.9 Å². The summed E-state index contributed by atoms with van der Waals surface area (Å²) in [5.41, 5.74) is 2.22. The topological polar surface area (TPSA) is 20.3 Å². The van der Waals surface area contributed by atoms with E-state index in [-0.39, 0.29) is 5.78 Å². The molecule has 0 saturated heterocycles. The lowest BCUT2D eigenvalue weighted by Crippen LogP contribution is -2.37. The average Bonchev–Trinajstić information content (AvgIpc) is 2.99. The summed E-state index contributed by atoms with van der Waals surface area (Å²) in [5, 5.41) is 2.16. The molecule has 110 valence electrons. The highest BCUT2D eigenvalue weighted by molar-refractivity contribution is 7.98. The molecule has 3 rings (SSSR count). The Hall–Kier alpha value is -1.10. The van der Waals surface area contributed by atoms with Crippen molar-refractivity contribution in [1.29, 1.82) is 0 Å². The summed E-state index contributed by atoms with van der Waals surface area (Å²) in [6.07, 6.45) is 3.11. The van der Waals surface area contributed by atoms with Crippen LogP contribution in [0.2, 0.25) is 0 Å². The molecule has 2 heterocycles. The van der Waals surface area contributed by atoms with E-state index in [0.29, 0.717) is 12.6 Å². The molecule has 0 amide bonds. The standard InChI is InChI=1S/C17H19NOS2/c1-12-15-8-10-21-17(15)7-9-18(12)11-16(19)13-3-5-14(20-2)6-4-13/h3-6,8,10,12H,7,9,11H2,1-2H3. The Morgan fingerprint density at radius 1 is 1.33 bits per heavy atom. The van der Waals surface area contributed by atoms with Crippen LogP contribution in [0.4, 0.5) is 0 Å². The first kappa shape index (κ1) is 14.8. The molecule has 1 atom stereocenters. The summed E-state index contributed by atoms with van der Waals surface area (Å²) >= 11 is 3.53. The third-order valence-electron chi connectivity index (χ3n) is 4.16. The predicted octanol–water partition coefficient (Wildman–Crippen LogP) is 4.27. The third kappa shape index (κ3) is 3.07. The molecule has 0 saturated carbocycles. The summed E-state index contributed by atoms with van der Waals surface area (Å²) in [7, 11) is 0. The molecule has 4 heteroatoms. The maximum atomic E-state index is 12.5. The van der Waals surface area contributed by atoms with Crippen molar-refractivity contribution in [3.8, 4) is 0 Å². The molecule has 21 heavy (non-hydrogen) atoms. The van der Waals surface area contributed by atoms with Crippen LogP contribution in [0.3, 0.4) is 0 Å². The van der Waals surface area contributed by atoms with Gasteiger partial charge in [-0.3, -0.25) is 9.69 Å². The summed E-state index contributed by atoms with van der Waals surface area (Å²) in [4.78, 5) is 17.4. The Kier molecular flexibility index (Phi) is 4.48. The number of hydrogen-bond acceptors (Lipinski definition) is 4. The van der Waals surface area contributed by atoms with Gasteiger partial charge in [-0.25, -0.2) is 0 Å². The largest absolute Gasteiger partial charge is 0.293 e. The van der Waals surface area contributed by atoms with Crippen molar-refractivity contribution in [2.45, 2.75) is 24.3 Å². The van der Waals surface area contributed by atoms with Gasteiger partial charge in [-0.1, -0.05) is 12.1 Å². The first-order chi connectivity index (χ1) is 10.2. The molecular formula is C17H19NOS2. The van der Waals surface area contributed by atoms with Crippen LogP contribution in [0.25, 0.3) is 0 Å². The summed E-state index contributed by atoms with van der Waals surface area (Å²) in [5.74, 6) is 0.216. The van der Waals surface area contributed by atoms with Gasteiger partial charge in [0.1, 0.15) is 0 Å². The van der Waals surface area contributed by atoms with E-state index < -0.39 is 0 Å². The van der Waals surface area contributed by atoms with Crippen LogP contribution in [0.5, 0.6) is 0 Å². The van der Waals surface area contributed by atoms with E-state index in [4.69, 9.17) is 0 Å². The maximum absolute atomic E-state index is 12.5. The van der Waals surface area contributed by atoms with Crippen molar-refractivity contribution < 1.29 is 4.79 Å². The van der Waals surface area contributed by atoms with Crippen LogP contribution >= 0.6 is 23.1 Å². The number of nitrogens with zero attached hydrogens (tertiary/aromatic N) is 1. The van der Waals surface area contributed by atoms with Gasteiger partial charge in [0.05, 0.1) is 6.54 Å². The van der Waals surface area contributed by atoms with Gasteiger partial charge in [0, 0.05) is 27.9 Å². The number of carbonyl (C=O) groups is 1. The second-order valence-electron chi connectivity index (χ2n) is 5.35. The van der Waals surface area contributed by atoms with Gasteiger partial charge in [-0.15, -0.1) is 23.1 Å². The fraction of sp³-hybridized carbons (Fsp3) is 0.353. The van der Waals surface area contributed by atoms with E-state index in [9.17, 15) is 4.79 Å². The van der Waals surface area contributed by atoms with Crippen LogP contribution in [0, 0.1) is 0 Å². The number of hydrogen-bond donors (Lipinski definition) is 0. The predicted molar refractivity (Wildman–Crippen MR) is 90.6 cm³/mol. The van der Waals surface area contributed by atoms with Gasteiger partial charge < -0.3 is 0 Å². The quantitative estimate of drug-likeness (QED) is 0.620. The number of carbonyl (C=O) groups excluding carboxylic acids is 1. The van der Waals surface area contributed by atoms with Crippen molar-refractivity contribution in [3.63, 3.8) is 0 Å². The number of ketones is 1. The van der Waals surface area contributed by atoms with E-state index in [0.717, 1.165) is 18.5 Å². The zero-order valence-corrected chi connectivity index (χ0v) is 14.0. The molecule has 1 unspecified atom stereocenters. The maximum Gasteiger partial charge on any atom is 0.176 e. The molecule has 1 aliphatic rings. The second-order valence-corrected chi connectivity index (χ2v) is 7.23. The lowest BCUT2D eigenvalue weighted by Gasteiger charge is -2.32. The van der Waals surface area contributed by atoms with Crippen LogP contribution in [-0.4, -0.2) is 30.0 Å². The van der Waals surface area contributed by atoms with Gasteiger partial charge in [0.25, 0.3) is 0 Å². The molecule has 0 aliphatic carbocycles. The Balaban J connectivity index is 1.70. The fourth-order valence-electron chi connectivity index (χ4n) is 2.83. The zero-order valence-electron chi connectivity index (χ0n) is 12.3. The van der Waals surface area contributed by atoms with Gasteiger partial charge in [-0.05, 0) is 48.7 Å². The number of fused-ring (bicyclic) bond motifs is 1. The lowest BCUT2D eigenvalue weighted by molar-refractivity contribution is 0.0891. The van der Waals surface area contributed by atoms with Crippen LogP contribution in [-0.2, 0) is 6.42 Å². The Morgan fingerprint density at radius 2 is 2.10 bits per heavy atom. The van der Waals surface area contributed by atoms with E-state index in [1.54, 1.807) is 11.8 Å². The summed E-state index contributed by atoms with van der Waals surface area (Å²) in [6, 6.07) is 10.5. The van der Waals surface area contributed by atoms with Crippen molar-refractivity contribution in [2.24, 2.45) is 0 Å². The van der Waals surface area contributed by atoms with Crippen LogP contribution in [0.15, 0.2) is 40.6 Å². The van der Waals surface area contributed by atoms with Crippen LogP contribution < -0.4 is 0 Å². The lowest BCUT2D eigenvalue weighted by atomic mass is 10.0. The Bertz CT molecular complexity index is 632. The molecule has 0 radical (unpaired) electrons. The normalized spacial score (nSPS) is 18.5. The highest BCUT2D eigenvalue weighted by Crippen LogP contribution is 2.32. The number of thiophene rings is 1. The van der Waals surface area contributed by atoms with Crippen molar-refractivity contribution in [3.05, 3.63) is 51.7 Å². The fourth-order valence-corrected chi connectivity index (χ4v) is 4.20. The van der Waals surface area contributed by atoms with Crippen molar-refractivity contribution >= 4 is 28.9 Å². The molecule has 0 fully saturated rings. The zero-order chi connectivity index (χ0) is 14.8. The van der Waals surface area contributed by atoms with Gasteiger partial charge in [0.2, 0.25) is 0 Å². The minimum Gasteiger partial charge on any atom is -0.293 e. The molecule has 0 spiro atoms. The van der Waals surface area contributed by atoms with E-state index in [2.05, 4.69) is 23.3 Å². The minimum absolute atomic E-state index is 0.216. The second kappa shape index (κ2) is 6.34. The van der Waals surface area contributed by atoms with Crippen molar-refractivity contribution in [2.75, 3.05) is 19.3 Å². The molecule has 1 aromatic carbocycles. The summed E-state index contributed by atoms with van der Waals surface area (Å²) < 4.78 is 0. The Morgan fingerprint density at radius 3 is 2.81 bits per heavy atom. The smallest absolute Gasteiger partial charge is 0.176 e. The molecular weight excluding hydrogens is 298 g/mol.